The summed E-state index contributed by atoms with van der Waals surface area (Å²) in [6.07, 6.45) is -4.61. The molecule has 48 heavy (non-hydrogen) atoms. The number of nitrogens with zero attached hydrogens (tertiary/aromatic N) is 5. The van der Waals surface area contributed by atoms with Gasteiger partial charge in [0.1, 0.15) is 17.4 Å². The van der Waals surface area contributed by atoms with Crippen molar-refractivity contribution in [2.45, 2.75) is 19.5 Å². The first-order chi connectivity index (χ1) is 22.8. The van der Waals surface area contributed by atoms with E-state index in [1.54, 1.807) is 36.1 Å². The molecule has 260 valence electrons. The summed E-state index contributed by atoms with van der Waals surface area (Å²) in [5, 5.41) is 8.74. The zero-order chi connectivity index (χ0) is 35.0. The summed E-state index contributed by atoms with van der Waals surface area (Å²) < 4.78 is 48.1. The van der Waals surface area contributed by atoms with Crippen molar-refractivity contribution in [3.63, 3.8) is 0 Å². The van der Waals surface area contributed by atoms with Crippen LogP contribution in [0, 0.1) is 0 Å². The second kappa shape index (κ2) is 16.1. The number of ether oxygens (including phenoxy) is 1. The third-order valence-corrected chi connectivity index (χ3v) is 8.08. The number of anilines is 7. The maximum absolute atomic E-state index is 14.1. The number of carbonyl (C=O) groups is 2. The minimum Gasteiger partial charge on any atom is -0.494 e. The van der Waals surface area contributed by atoms with Crippen LogP contribution in [0.15, 0.2) is 48.5 Å². The van der Waals surface area contributed by atoms with Gasteiger partial charge < -0.3 is 40.3 Å². The smallest absolute Gasteiger partial charge is 0.419 e. The molecule has 1 saturated heterocycles. The van der Waals surface area contributed by atoms with Crippen molar-refractivity contribution in [2.24, 2.45) is 0 Å². The number of piperazine rings is 1. The van der Waals surface area contributed by atoms with Gasteiger partial charge in [0.2, 0.25) is 11.8 Å². The summed E-state index contributed by atoms with van der Waals surface area (Å²) in [5.74, 6) is 0.0618. The Morgan fingerprint density at radius 1 is 0.958 bits per heavy atom. The van der Waals surface area contributed by atoms with Gasteiger partial charge in [-0.3, -0.25) is 9.59 Å². The molecule has 0 atom stereocenters. The molecule has 3 N–H and O–H groups in total. The van der Waals surface area contributed by atoms with Crippen LogP contribution in [-0.2, 0) is 15.8 Å². The van der Waals surface area contributed by atoms with Gasteiger partial charge >= 0.3 is 6.18 Å². The molecule has 1 aliphatic rings. The second-order valence-corrected chi connectivity index (χ2v) is 12.0. The van der Waals surface area contributed by atoms with Crippen molar-refractivity contribution in [1.82, 2.24) is 14.8 Å². The quantitative estimate of drug-likeness (QED) is 0.191. The van der Waals surface area contributed by atoms with Crippen LogP contribution in [0.25, 0.3) is 0 Å². The number of aromatic nitrogens is 1. The van der Waals surface area contributed by atoms with E-state index in [0.29, 0.717) is 61.2 Å². The molecule has 3 aromatic rings. The molecular formula is C33H42ClF3N8O3. The molecule has 4 rings (SSSR count). The summed E-state index contributed by atoms with van der Waals surface area (Å²) in [7, 11) is 7.28. The topological polar surface area (TPSA) is 105 Å². The lowest BCUT2D eigenvalue weighted by atomic mass is 10.2. The molecule has 0 unspecified atom stereocenters. The van der Waals surface area contributed by atoms with Crippen LogP contribution in [-0.4, -0.2) is 100.0 Å². The number of methoxy groups -OCH3 is 1. The molecular weight excluding hydrogens is 649 g/mol. The van der Waals surface area contributed by atoms with Crippen molar-refractivity contribution in [1.29, 1.82) is 0 Å². The minimum absolute atomic E-state index is 0.0411. The van der Waals surface area contributed by atoms with Gasteiger partial charge in [-0.1, -0.05) is 0 Å². The summed E-state index contributed by atoms with van der Waals surface area (Å²) in [6.45, 7) is 5.50. The van der Waals surface area contributed by atoms with Crippen LogP contribution in [0.3, 0.4) is 0 Å². The van der Waals surface area contributed by atoms with Gasteiger partial charge in [-0.15, -0.1) is 11.6 Å². The Morgan fingerprint density at radius 2 is 1.69 bits per heavy atom. The molecule has 2 heterocycles. The molecule has 1 aliphatic heterocycles. The first-order valence-corrected chi connectivity index (χ1v) is 16.0. The van der Waals surface area contributed by atoms with Crippen LogP contribution in [0.4, 0.5) is 53.2 Å². The average molecular weight is 691 g/mol. The number of alkyl halides is 4. The van der Waals surface area contributed by atoms with Crippen LogP contribution in [0.5, 0.6) is 5.75 Å². The summed E-state index contributed by atoms with van der Waals surface area (Å²) in [6, 6.07) is 12.7. The lowest BCUT2D eigenvalue weighted by Gasteiger charge is -2.35. The predicted molar refractivity (Wildman–Crippen MR) is 185 cm³/mol. The highest BCUT2D eigenvalue weighted by Gasteiger charge is 2.35. The molecule has 0 radical (unpaired) electrons. The highest BCUT2D eigenvalue weighted by Crippen LogP contribution is 2.39. The van der Waals surface area contributed by atoms with Gasteiger partial charge in [-0.05, 0) is 56.6 Å². The fourth-order valence-electron chi connectivity index (χ4n) is 5.20. The maximum Gasteiger partial charge on any atom is 0.419 e. The normalized spacial score (nSPS) is 13.4. The minimum atomic E-state index is -4.69. The van der Waals surface area contributed by atoms with Gasteiger partial charge in [-0.2, -0.15) is 13.2 Å². The van der Waals surface area contributed by atoms with E-state index in [0.717, 1.165) is 18.3 Å². The van der Waals surface area contributed by atoms with Gasteiger partial charge in [-0.25, -0.2) is 4.98 Å². The van der Waals surface area contributed by atoms with E-state index in [1.165, 1.54) is 13.2 Å². The number of nitrogens with one attached hydrogen (secondary N) is 3. The molecule has 0 spiro atoms. The van der Waals surface area contributed by atoms with Crippen molar-refractivity contribution in [3.05, 3.63) is 54.1 Å². The number of halogens is 4. The van der Waals surface area contributed by atoms with Gasteiger partial charge in [0.25, 0.3) is 0 Å². The Hall–Kier alpha value is -4.43. The Bertz CT molecular complexity index is 1580. The molecule has 11 nitrogen and oxygen atoms in total. The fourth-order valence-corrected chi connectivity index (χ4v) is 5.37. The Labute approximate surface area is 284 Å². The van der Waals surface area contributed by atoms with Crippen molar-refractivity contribution in [2.75, 3.05) is 99.2 Å². The Balaban J connectivity index is 1.61. The highest BCUT2D eigenvalue weighted by molar-refractivity contribution is 6.19. The monoisotopic (exact) mass is 690 g/mol. The van der Waals surface area contributed by atoms with E-state index in [4.69, 9.17) is 16.3 Å². The number of pyridine rings is 1. The number of likely N-dealkylation sites (N-methyl/N-ethyl adjacent to an activating group) is 2. The third-order valence-electron chi connectivity index (χ3n) is 7.89. The number of hydrogen-bond acceptors (Lipinski definition) is 9. The molecule has 0 bridgehead atoms. The second-order valence-electron chi connectivity index (χ2n) is 11.7. The summed E-state index contributed by atoms with van der Waals surface area (Å²) in [5.41, 5.74) is 1.86. The Kier molecular flexibility index (Phi) is 12.2. The van der Waals surface area contributed by atoms with Gasteiger partial charge in [0.05, 0.1) is 29.7 Å². The maximum atomic E-state index is 14.1. The van der Waals surface area contributed by atoms with E-state index in [1.807, 2.05) is 43.1 Å². The third kappa shape index (κ3) is 9.57. The molecule has 1 aromatic heterocycles. The number of hydrogen-bond donors (Lipinski definition) is 3. The molecule has 0 aliphatic carbocycles. The van der Waals surface area contributed by atoms with Crippen LogP contribution in [0.2, 0.25) is 0 Å². The lowest BCUT2D eigenvalue weighted by molar-refractivity contribution is -0.137. The van der Waals surface area contributed by atoms with E-state index >= 15 is 0 Å². The van der Waals surface area contributed by atoms with Crippen LogP contribution < -0.4 is 30.5 Å². The van der Waals surface area contributed by atoms with E-state index in [-0.39, 0.29) is 29.9 Å². The number of benzene rings is 2. The summed E-state index contributed by atoms with van der Waals surface area (Å²) in [4.78, 5) is 36.4. The van der Waals surface area contributed by atoms with E-state index in [9.17, 15) is 22.8 Å². The average Bonchev–Trinajstić information content (AvgIpc) is 3.03. The largest absolute Gasteiger partial charge is 0.494 e. The molecule has 0 saturated carbocycles. The molecule has 1 fully saturated rings. The van der Waals surface area contributed by atoms with Gasteiger partial charge in [0.15, 0.2) is 0 Å². The number of rotatable bonds is 13. The Morgan fingerprint density at radius 3 is 2.31 bits per heavy atom. The number of carbonyl (C=O) groups excluding carboxylic acids is 2. The first kappa shape index (κ1) is 36.4. The molecule has 2 aromatic carbocycles. The SMILES string of the molecule is COc1cc(N2CCN(C(C)=O)CC2)ccc1Nc1ccc(C(F)(F)F)c(Nc2ccc(N(C)CCN(C)C)c(NC(=O)CCCl)c2)n1. The van der Waals surface area contributed by atoms with Crippen LogP contribution in [0.1, 0.15) is 18.9 Å². The zero-order valence-corrected chi connectivity index (χ0v) is 28.5. The van der Waals surface area contributed by atoms with Crippen molar-refractivity contribution >= 4 is 63.5 Å². The highest BCUT2D eigenvalue weighted by atomic mass is 35.5. The van der Waals surface area contributed by atoms with E-state index in [2.05, 4.69) is 25.8 Å². The number of amides is 2. The lowest BCUT2D eigenvalue weighted by Crippen LogP contribution is -2.48. The van der Waals surface area contributed by atoms with Crippen molar-refractivity contribution in [3.8, 4) is 5.75 Å². The standard InChI is InChI=1S/C33H42ClF3N8O3/c1-22(46)44-16-18-45(19-17-44)24-7-9-26(29(21-24)48-5)39-30-11-8-25(33(35,36)37)32(41-30)38-23-6-10-28(43(4)15-14-42(2)3)27(20-23)40-31(47)12-13-34/h6-11,20-21H,12-19H2,1-5H3,(H,40,47)(H2,38,39,41). The zero-order valence-electron chi connectivity index (χ0n) is 27.7. The first-order valence-electron chi connectivity index (χ1n) is 15.5. The predicted octanol–water partition coefficient (Wildman–Crippen LogP) is 5.83. The molecule has 2 amide bonds. The fraction of sp³-hybridized carbons (Fsp3) is 0.424. The van der Waals surface area contributed by atoms with E-state index < -0.39 is 17.6 Å². The van der Waals surface area contributed by atoms with Crippen molar-refractivity contribution < 1.29 is 27.5 Å². The van der Waals surface area contributed by atoms with Gasteiger partial charge in [0, 0.05) is 83.0 Å². The molecule has 15 heteroatoms. The van der Waals surface area contributed by atoms with Crippen LogP contribution >= 0.6 is 11.6 Å². The summed E-state index contributed by atoms with van der Waals surface area (Å²) >= 11 is 5.77.